The van der Waals surface area contributed by atoms with Crippen LogP contribution in [0.2, 0.25) is 0 Å². The van der Waals surface area contributed by atoms with Crippen LogP contribution in [0.15, 0.2) is 36.7 Å². The van der Waals surface area contributed by atoms with Crippen LogP contribution >= 0.6 is 0 Å². The minimum absolute atomic E-state index is 0.663. The molecule has 0 aliphatic rings. The zero-order valence-corrected chi connectivity index (χ0v) is 13.0. The molecule has 1 aromatic heterocycles. The molecular weight excluding hydrogens is 262 g/mol. The van der Waals surface area contributed by atoms with Crippen molar-refractivity contribution in [2.75, 3.05) is 13.2 Å². The number of aryl methyl sites for hydroxylation is 1. The van der Waals surface area contributed by atoms with Crippen LogP contribution in [0.3, 0.4) is 0 Å². The summed E-state index contributed by atoms with van der Waals surface area (Å²) in [5, 5.41) is 3.39. The lowest BCUT2D eigenvalue weighted by Gasteiger charge is -2.09. The van der Waals surface area contributed by atoms with E-state index >= 15 is 0 Å². The third-order valence-corrected chi connectivity index (χ3v) is 3.40. The fraction of sp³-hybridized carbons (Fsp3) is 0.471. The molecule has 0 amide bonds. The van der Waals surface area contributed by atoms with Crippen LogP contribution in [-0.2, 0) is 19.5 Å². The number of nitrogens with one attached hydrogen (secondary N) is 1. The van der Waals surface area contributed by atoms with Crippen LogP contribution in [0, 0.1) is 0 Å². The van der Waals surface area contributed by atoms with Crippen molar-refractivity contribution in [2.24, 2.45) is 0 Å². The molecule has 114 valence electrons. The Morgan fingerprint density at radius 2 is 2.00 bits per heavy atom. The van der Waals surface area contributed by atoms with Crippen molar-refractivity contribution in [3.8, 4) is 5.75 Å². The van der Waals surface area contributed by atoms with Gasteiger partial charge in [0.1, 0.15) is 18.2 Å². The predicted octanol–water partition coefficient (Wildman–Crippen LogP) is 3.02. The molecule has 0 radical (unpaired) electrons. The van der Waals surface area contributed by atoms with Crippen LogP contribution in [0.5, 0.6) is 5.75 Å². The van der Waals surface area contributed by atoms with Gasteiger partial charge in [0.15, 0.2) is 0 Å². The van der Waals surface area contributed by atoms with E-state index in [4.69, 9.17) is 4.74 Å². The summed E-state index contributed by atoms with van der Waals surface area (Å²) in [6.07, 6.45) is 5.96. The average Bonchev–Trinajstić information content (AvgIpc) is 2.97. The second kappa shape index (κ2) is 8.47. The molecule has 1 heterocycles. The van der Waals surface area contributed by atoms with Crippen molar-refractivity contribution in [1.82, 2.24) is 14.9 Å². The van der Waals surface area contributed by atoms with Crippen LogP contribution in [0.4, 0.5) is 0 Å². The monoisotopic (exact) mass is 287 g/mol. The number of aromatic nitrogens is 2. The van der Waals surface area contributed by atoms with Crippen molar-refractivity contribution >= 4 is 0 Å². The molecule has 2 rings (SSSR count). The Morgan fingerprint density at radius 3 is 2.71 bits per heavy atom. The topological polar surface area (TPSA) is 39.1 Å². The van der Waals surface area contributed by atoms with Crippen molar-refractivity contribution in [3.05, 3.63) is 48.0 Å². The Labute approximate surface area is 127 Å². The van der Waals surface area contributed by atoms with Gasteiger partial charge in [-0.25, -0.2) is 4.98 Å². The van der Waals surface area contributed by atoms with Gasteiger partial charge in [0.2, 0.25) is 0 Å². The highest BCUT2D eigenvalue weighted by Gasteiger charge is 2.00. The first kappa shape index (κ1) is 15.6. The summed E-state index contributed by atoms with van der Waals surface area (Å²) in [5.74, 6) is 2.03. The van der Waals surface area contributed by atoms with Crippen LogP contribution < -0.4 is 10.1 Å². The van der Waals surface area contributed by atoms with Crippen LogP contribution in [0.1, 0.15) is 31.7 Å². The van der Waals surface area contributed by atoms with Gasteiger partial charge in [-0.15, -0.1) is 0 Å². The van der Waals surface area contributed by atoms with E-state index in [9.17, 15) is 0 Å². The van der Waals surface area contributed by atoms with E-state index in [2.05, 4.69) is 40.8 Å². The maximum Gasteiger partial charge on any atom is 0.119 e. The zero-order chi connectivity index (χ0) is 14.9. The molecule has 0 atom stereocenters. The first-order valence-corrected chi connectivity index (χ1v) is 7.76. The zero-order valence-electron chi connectivity index (χ0n) is 13.0. The lowest BCUT2D eigenvalue weighted by Crippen LogP contribution is -2.13. The molecular formula is C17H25N3O. The molecule has 0 aliphatic heterocycles. The summed E-state index contributed by atoms with van der Waals surface area (Å²) < 4.78 is 7.93. The van der Waals surface area contributed by atoms with Gasteiger partial charge in [-0.3, -0.25) is 0 Å². The average molecular weight is 287 g/mol. The Hall–Kier alpha value is -1.81. The highest BCUT2D eigenvalue weighted by Crippen LogP contribution is 2.12. The summed E-state index contributed by atoms with van der Waals surface area (Å²) in [6.45, 7) is 7.77. The van der Waals surface area contributed by atoms with Gasteiger partial charge in [-0.2, -0.15) is 0 Å². The first-order valence-electron chi connectivity index (χ1n) is 7.76. The van der Waals surface area contributed by atoms with Gasteiger partial charge >= 0.3 is 0 Å². The third kappa shape index (κ3) is 4.90. The molecule has 0 bridgehead atoms. The lowest BCUT2D eigenvalue weighted by molar-refractivity contribution is 0.296. The molecule has 21 heavy (non-hydrogen) atoms. The summed E-state index contributed by atoms with van der Waals surface area (Å²) >= 11 is 0. The van der Waals surface area contributed by atoms with E-state index < -0.39 is 0 Å². The van der Waals surface area contributed by atoms with Gasteiger partial charge in [-0.05, 0) is 30.7 Å². The summed E-state index contributed by atoms with van der Waals surface area (Å²) in [5.41, 5.74) is 1.29. The molecule has 4 nitrogen and oxygen atoms in total. The first-order chi connectivity index (χ1) is 10.3. The number of nitrogens with zero attached hydrogens (tertiary/aromatic N) is 2. The van der Waals surface area contributed by atoms with E-state index in [-0.39, 0.29) is 0 Å². The van der Waals surface area contributed by atoms with E-state index in [0.29, 0.717) is 6.61 Å². The molecule has 1 aromatic carbocycles. The standard InChI is InChI=1S/C17H25N3O/c1-3-9-18-14-15-5-7-16(8-6-15)21-13-12-20-11-10-19-17(20)4-2/h5-8,10-11,18H,3-4,9,12-14H2,1-2H3. The maximum absolute atomic E-state index is 5.79. The van der Waals surface area contributed by atoms with Crippen molar-refractivity contribution in [3.63, 3.8) is 0 Å². The highest BCUT2D eigenvalue weighted by atomic mass is 16.5. The Kier molecular flexibility index (Phi) is 6.28. The second-order valence-electron chi connectivity index (χ2n) is 5.06. The van der Waals surface area contributed by atoms with Gasteiger partial charge in [0, 0.05) is 25.4 Å². The van der Waals surface area contributed by atoms with Crippen LogP contribution in [-0.4, -0.2) is 22.7 Å². The molecule has 0 saturated heterocycles. The quantitative estimate of drug-likeness (QED) is 0.721. The van der Waals surface area contributed by atoms with E-state index in [1.165, 1.54) is 5.56 Å². The van der Waals surface area contributed by atoms with Gasteiger partial charge in [0.25, 0.3) is 0 Å². The van der Waals surface area contributed by atoms with E-state index in [1.807, 2.05) is 24.5 Å². The van der Waals surface area contributed by atoms with E-state index in [0.717, 1.165) is 44.0 Å². The summed E-state index contributed by atoms with van der Waals surface area (Å²) in [7, 11) is 0. The predicted molar refractivity (Wildman–Crippen MR) is 85.5 cm³/mol. The molecule has 0 spiro atoms. The fourth-order valence-electron chi connectivity index (χ4n) is 2.23. The van der Waals surface area contributed by atoms with Gasteiger partial charge in [0.05, 0.1) is 6.54 Å². The number of rotatable bonds is 9. The molecule has 0 fully saturated rings. The van der Waals surface area contributed by atoms with Gasteiger partial charge in [-0.1, -0.05) is 26.0 Å². The van der Waals surface area contributed by atoms with Crippen LogP contribution in [0.25, 0.3) is 0 Å². The van der Waals surface area contributed by atoms with Crippen molar-refractivity contribution in [1.29, 1.82) is 0 Å². The molecule has 0 aliphatic carbocycles. The minimum Gasteiger partial charge on any atom is -0.492 e. The second-order valence-corrected chi connectivity index (χ2v) is 5.06. The molecule has 0 unspecified atom stereocenters. The number of hydrogen-bond donors (Lipinski definition) is 1. The minimum atomic E-state index is 0.663. The maximum atomic E-state index is 5.79. The van der Waals surface area contributed by atoms with Crippen molar-refractivity contribution < 1.29 is 4.74 Å². The summed E-state index contributed by atoms with van der Waals surface area (Å²) in [4.78, 5) is 4.31. The highest BCUT2D eigenvalue weighted by molar-refractivity contribution is 5.27. The molecule has 1 N–H and O–H groups in total. The molecule has 4 heteroatoms. The Morgan fingerprint density at radius 1 is 1.19 bits per heavy atom. The smallest absolute Gasteiger partial charge is 0.119 e. The number of ether oxygens (including phenoxy) is 1. The van der Waals surface area contributed by atoms with Gasteiger partial charge < -0.3 is 14.6 Å². The number of benzene rings is 1. The van der Waals surface area contributed by atoms with Crippen molar-refractivity contribution in [2.45, 2.75) is 39.8 Å². The number of hydrogen-bond acceptors (Lipinski definition) is 3. The lowest BCUT2D eigenvalue weighted by atomic mass is 10.2. The fourth-order valence-corrected chi connectivity index (χ4v) is 2.23. The van der Waals surface area contributed by atoms with E-state index in [1.54, 1.807) is 0 Å². The number of imidazole rings is 1. The summed E-state index contributed by atoms with van der Waals surface area (Å²) in [6, 6.07) is 8.31. The Balaban J connectivity index is 1.76. The molecule has 2 aromatic rings. The Bertz CT molecular complexity index is 519. The normalized spacial score (nSPS) is 10.8. The third-order valence-electron chi connectivity index (χ3n) is 3.40. The largest absolute Gasteiger partial charge is 0.492 e. The SMILES string of the molecule is CCCNCc1ccc(OCCn2ccnc2CC)cc1. The molecule has 0 saturated carbocycles.